The highest BCUT2D eigenvalue weighted by molar-refractivity contribution is 5.64. The zero-order chi connectivity index (χ0) is 14.5. The molecule has 0 saturated carbocycles. The number of hydrogen-bond acceptors (Lipinski definition) is 5. The first kappa shape index (κ1) is 14.7. The molecule has 0 spiro atoms. The van der Waals surface area contributed by atoms with Crippen LogP contribution in [0.4, 0.5) is 11.6 Å². The number of nitrogens with one attached hydrogen (secondary N) is 1. The molecule has 0 atom stereocenters. The Morgan fingerprint density at radius 3 is 2.80 bits per heavy atom. The summed E-state index contributed by atoms with van der Waals surface area (Å²) in [4.78, 5) is 0. The monoisotopic (exact) mass is 277 g/mol. The number of hydrogen-bond donors (Lipinski definition) is 2. The van der Waals surface area contributed by atoms with Gasteiger partial charge in [-0.1, -0.05) is 13.8 Å². The van der Waals surface area contributed by atoms with Crippen molar-refractivity contribution in [2.45, 2.75) is 45.7 Å². The van der Waals surface area contributed by atoms with Crippen LogP contribution in [0, 0.1) is 17.2 Å². The summed E-state index contributed by atoms with van der Waals surface area (Å²) in [5.74, 6) is 1.65. The lowest BCUT2D eigenvalue weighted by molar-refractivity contribution is 0.0903. The van der Waals surface area contributed by atoms with Gasteiger partial charge in [0.15, 0.2) is 5.82 Å². The first-order valence-corrected chi connectivity index (χ1v) is 7.22. The van der Waals surface area contributed by atoms with Crippen molar-refractivity contribution < 1.29 is 4.74 Å². The van der Waals surface area contributed by atoms with Gasteiger partial charge in [0.1, 0.15) is 17.5 Å². The Hall–Kier alpha value is -1.74. The SMILES string of the molecule is CC(C)CCn1nc(NC2CCOCC2)c(C#N)c1N. The first-order chi connectivity index (χ1) is 9.61. The molecule has 1 fully saturated rings. The summed E-state index contributed by atoms with van der Waals surface area (Å²) in [7, 11) is 0. The lowest BCUT2D eigenvalue weighted by Crippen LogP contribution is -2.28. The van der Waals surface area contributed by atoms with Gasteiger partial charge < -0.3 is 15.8 Å². The smallest absolute Gasteiger partial charge is 0.168 e. The maximum atomic E-state index is 9.27. The lowest BCUT2D eigenvalue weighted by Gasteiger charge is -2.22. The van der Waals surface area contributed by atoms with Gasteiger partial charge in [0.2, 0.25) is 0 Å². The topological polar surface area (TPSA) is 88.9 Å². The van der Waals surface area contributed by atoms with Crippen molar-refractivity contribution in [1.82, 2.24) is 9.78 Å². The molecule has 2 rings (SSSR count). The Bertz CT molecular complexity index is 482. The molecule has 0 bridgehead atoms. The van der Waals surface area contributed by atoms with E-state index in [2.05, 4.69) is 30.3 Å². The number of nitriles is 1. The van der Waals surface area contributed by atoms with Gasteiger partial charge in [-0.3, -0.25) is 0 Å². The van der Waals surface area contributed by atoms with Crippen molar-refractivity contribution in [2.75, 3.05) is 24.3 Å². The first-order valence-electron chi connectivity index (χ1n) is 7.22. The number of nitrogens with two attached hydrogens (primary N) is 1. The van der Waals surface area contributed by atoms with Gasteiger partial charge in [0.25, 0.3) is 0 Å². The van der Waals surface area contributed by atoms with Crippen LogP contribution in [0.15, 0.2) is 0 Å². The van der Waals surface area contributed by atoms with E-state index in [4.69, 9.17) is 10.5 Å². The maximum Gasteiger partial charge on any atom is 0.168 e. The Morgan fingerprint density at radius 1 is 1.50 bits per heavy atom. The summed E-state index contributed by atoms with van der Waals surface area (Å²) in [6, 6.07) is 2.47. The van der Waals surface area contributed by atoms with E-state index in [0.717, 1.165) is 39.0 Å². The van der Waals surface area contributed by atoms with E-state index in [0.29, 0.717) is 29.2 Å². The number of nitrogen functional groups attached to an aromatic ring is 1. The Morgan fingerprint density at radius 2 is 2.20 bits per heavy atom. The number of nitrogens with zero attached hydrogens (tertiary/aromatic N) is 3. The van der Waals surface area contributed by atoms with Crippen LogP contribution in [0.2, 0.25) is 0 Å². The fourth-order valence-corrected chi connectivity index (χ4v) is 2.27. The second-order valence-corrected chi connectivity index (χ2v) is 5.66. The van der Waals surface area contributed by atoms with Gasteiger partial charge in [-0.25, -0.2) is 4.68 Å². The number of rotatable bonds is 5. The maximum absolute atomic E-state index is 9.27. The molecule has 6 heteroatoms. The van der Waals surface area contributed by atoms with Gasteiger partial charge in [-0.15, -0.1) is 0 Å². The van der Waals surface area contributed by atoms with Crippen LogP contribution in [0.3, 0.4) is 0 Å². The Balaban J connectivity index is 2.11. The van der Waals surface area contributed by atoms with Gasteiger partial charge in [0.05, 0.1) is 0 Å². The van der Waals surface area contributed by atoms with E-state index in [1.165, 1.54) is 0 Å². The molecule has 6 nitrogen and oxygen atoms in total. The summed E-state index contributed by atoms with van der Waals surface area (Å²) in [5.41, 5.74) is 6.48. The summed E-state index contributed by atoms with van der Waals surface area (Å²) in [5, 5.41) is 17.1. The third kappa shape index (κ3) is 3.42. The quantitative estimate of drug-likeness (QED) is 0.859. The molecule has 1 aliphatic heterocycles. The fourth-order valence-electron chi connectivity index (χ4n) is 2.27. The van der Waals surface area contributed by atoms with E-state index < -0.39 is 0 Å². The summed E-state index contributed by atoms with van der Waals surface area (Å²) >= 11 is 0. The Labute approximate surface area is 119 Å². The van der Waals surface area contributed by atoms with Crippen molar-refractivity contribution in [3.05, 3.63) is 5.56 Å². The second kappa shape index (κ2) is 6.62. The van der Waals surface area contributed by atoms with Gasteiger partial charge >= 0.3 is 0 Å². The highest BCUT2D eigenvalue weighted by atomic mass is 16.5. The highest BCUT2D eigenvalue weighted by Crippen LogP contribution is 2.23. The van der Waals surface area contributed by atoms with E-state index in [9.17, 15) is 5.26 Å². The molecule has 3 N–H and O–H groups in total. The minimum absolute atomic E-state index is 0.309. The third-order valence-electron chi connectivity index (χ3n) is 3.58. The van der Waals surface area contributed by atoms with Gasteiger partial charge in [-0.05, 0) is 25.2 Å². The number of ether oxygens (including phenoxy) is 1. The van der Waals surface area contributed by atoms with Crippen LogP contribution >= 0.6 is 0 Å². The van der Waals surface area contributed by atoms with Crippen LogP contribution in [-0.2, 0) is 11.3 Å². The number of aryl methyl sites for hydroxylation is 1. The van der Waals surface area contributed by atoms with Crippen LogP contribution in [0.5, 0.6) is 0 Å². The largest absolute Gasteiger partial charge is 0.383 e. The van der Waals surface area contributed by atoms with E-state index in [1.54, 1.807) is 4.68 Å². The second-order valence-electron chi connectivity index (χ2n) is 5.66. The molecule has 1 aliphatic rings. The predicted octanol–water partition coefficient (Wildman–Crippen LogP) is 1.97. The van der Waals surface area contributed by atoms with Crippen molar-refractivity contribution in [3.63, 3.8) is 0 Å². The molecule has 0 amide bonds. The van der Waals surface area contributed by atoms with Crippen molar-refractivity contribution >= 4 is 11.6 Å². The zero-order valence-electron chi connectivity index (χ0n) is 12.2. The van der Waals surface area contributed by atoms with Crippen LogP contribution in [0.1, 0.15) is 38.7 Å². The van der Waals surface area contributed by atoms with Crippen LogP contribution in [0.25, 0.3) is 0 Å². The molecule has 0 radical (unpaired) electrons. The summed E-state index contributed by atoms with van der Waals surface area (Å²) in [6.45, 7) is 6.57. The van der Waals surface area contributed by atoms with Gasteiger partial charge in [0, 0.05) is 25.8 Å². The third-order valence-corrected chi connectivity index (χ3v) is 3.58. The molecular formula is C14H23N5O. The van der Waals surface area contributed by atoms with Crippen LogP contribution in [-0.4, -0.2) is 29.0 Å². The molecular weight excluding hydrogens is 254 g/mol. The van der Waals surface area contributed by atoms with E-state index in [-0.39, 0.29) is 0 Å². The van der Waals surface area contributed by atoms with Crippen LogP contribution < -0.4 is 11.1 Å². The van der Waals surface area contributed by atoms with Crippen molar-refractivity contribution in [1.29, 1.82) is 5.26 Å². The number of anilines is 2. The highest BCUT2D eigenvalue weighted by Gasteiger charge is 2.20. The minimum atomic E-state index is 0.309. The predicted molar refractivity (Wildman–Crippen MR) is 78.3 cm³/mol. The van der Waals surface area contributed by atoms with Crippen molar-refractivity contribution in [2.24, 2.45) is 5.92 Å². The molecule has 0 unspecified atom stereocenters. The molecule has 1 aromatic rings. The van der Waals surface area contributed by atoms with Crippen molar-refractivity contribution in [3.8, 4) is 6.07 Å². The normalized spacial score (nSPS) is 16.3. The molecule has 0 aliphatic carbocycles. The summed E-state index contributed by atoms with van der Waals surface area (Å²) < 4.78 is 7.07. The standard InChI is InChI=1S/C14H23N5O/c1-10(2)3-6-19-13(16)12(9-15)14(18-19)17-11-4-7-20-8-5-11/h10-11H,3-8,16H2,1-2H3,(H,17,18). The average Bonchev–Trinajstić information content (AvgIpc) is 2.73. The number of aromatic nitrogens is 2. The molecule has 0 aromatic carbocycles. The van der Waals surface area contributed by atoms with E-state index in [1.807, 2.05) is 0 Å². The zero-order valence-corrected chi connectivity index (χ0v) is 12.2. The molecule has 2 heterocycles. The molecule has 1 aromatic heterocycles. The fraction of sp³-hybridized carbons (Fsp3) is 0.714. The van der Waals surface area contributed by atoms with Gasteiger partial charge in [-0.2, -0.15) is 10.4 Å². The lowest BCUT2D eigenvalue weighted by atomic mass is 10.1. The minimum Gasteiger partial charge on any atom is -0.383 e. The molecule has 110 valence electrons. The molecule has 1 saturated heterocycles. The Kier molecular flexibility index (Phi) is 4.85. The summed E-state index contributed by atoms with van der Waals surface area (Å²) in [6.07, 6.45) is 2.86. The van der Waals surface area contributed by atoms with E-state index >= 15 is 0 Å². The molecule has 20 heavy (non-hydrogen) atoms. The average molecular weight is 277 g/mol.